The Labute approximate surface area is 214 Å². The van der Waals surface area contributed by atoms with Crippen molar-refractivity contribution in [1.82, 2.24) is 15.5 Å². The lowest BCUT2D eigenvalue weighted by Crippen LogP contribution is -2.21. The van der Waals surface area contributed by atoms with Crippen molar-refractivity contribution in [3.8, 4) is 0 Å². The van der Waals surface area contributed by atoms with Crippen LogP contribution >= 0.6 is 11.6 Å². The van der Waals surface area contributed by atoms with E-state index < -0.39 is 46.8 Å². The van der Waals surface area contributed by atoms with Gasteiger partial charge >= 0.3 is 12.2 Å². The molecule has 1 aromatic heterocycles. The number of nitrogens with one attached hydrogen (secondary N) is 3. The summed E-state index contributed by atoms with van der Waals surface area (Å²) in [5.41, 5.74) is -1.52. The molecule has 1 aliphatic rings. The lowest BCUT2D eigenvalue weighted by molar-refractivity contribution is -0.137. The molecule has 8 nitrogen and oxygen atoms in total. The minimum Gasteiger partial charge on any atom is -0.411 e. The first kappa shape index (κ1) is 25.1. The van der Waals surface area contributed by atoms with Crippen molar-refractivity contribution in [1.29, 1.82) is 0 Å². The Morgan fingerprint density at radius 2 is 1.84 bits per heavy atom. The molecule has 3 aromatic carbocycles. The van der Waals surface area contributed by atoms with Gasteiger partial charge in [-0.15, -0.1) is 5.10 Å². The molecule has 0 bridgehead atoms. The average Bonchev–Trinajstić information content (AvgIpc) is 3.47. The van der Waals surface area contributed by atoms with Crippen LogP contribution in [0.4, 0.5) is 39.3 Å². The van der Waals surface area contributed by atoms with Crippen LogP contribution in [0.3, 0.4) is 0 Å². The molecule has 0 saturated heterocycles. The summed E-state index contributed by atoms with van der Waals surface area (Å²) < 4.78 is 72.6. The van der Waals surface area contributed by atoms with E-state index in [1.807, 2.05) is 0 Å². The maximum Gasteiger partial charge on any atom is 0.416 e. The number of amides is 2. The topological polar surface area (TPSA) is 109 Å². The number of carbonyl (C=O) groups excluding carboxylic acids is 2. The van der Waals surface area contributed by atoms with Gasteiger partial charge in [0.05, 0.1) is 11.6 Å². The van der Waals surface area contributed by atoms with Crippen LogP contribution in [0, 0.1) is 11.6 Å². The second-order valence-electron chi connectivity index (χ2n) is 8.11. The number of nitrogens with zero attached hydrogens (tertiary/aromatic N) is 2. The molecule has 4 aromatic rings. The van der Waals surface area contributed by atoms with Gasteiger partial charge in [0.1, 0.15) is 11.6 Å². The van der Waals surface area contributed by atoms with Gasteiger partial charge in [0.2, 0.25) is 6.39 Å². The molecule has 14 heteroatoms. The number of hydrogen-bond donors (Lipinski definition) is 3. The van der Waals surface area contributed by atoms with E-state index in [1.165, 1.54) is 18.2 Å². The fraction of sp³-hybridized carbons (Fsp3) is 0.0833. The molecule has 1 unspecified atom stereocenters. The zero-order valence-corrected chi connectivity index (χ0v) is 19.4. The van der Waals surface area contributed by atoms with Gasteiger partial charge in [-0.05, 0) is 48.5 Å². The van der Waals surface area contributed by atoms with E-state index in [9.17, 15) is 31.5 Å². The first-order chi connectivity index (χ1) is 18.0. The molecule has 1 aliphatic heterocycles. The number of rotatable bonds is 5. The van der Waals surface area contributed by atoms with Crippen molar-refractivity contribution >= 4 is 40.8 Å². The highest BCUT2D eigenvalue weighted by Crippen LogP contribution is 2.41. The van der Waals surface area contributed by atoms with Crippen molar-refractivity contribution in [2.24, 2.45) is 0 Å². The van der Waals surface area contributed by atoms with Crippen LogP contribution in [-0.4, -0.2) is 22.0 Å². The quantitative estimate of drug-likeness (QED) is 0.270. The van der Waals surface area contributed by atoms with E-state index in [0.717, 1.165) is 18.5 Å². The molecule has 2 heterocycles. The molecule has 194 valence electrons. The Bertz CT molecular complexity index is 1580. The standard InChI is InChI=1S/C24H13ClF5N5O3/c25-17-2-1-12(26)6-15(17)20-19-16(22(37)34-20)7-14(32-23-35-31-9-38-23)8-18(19)33-21(36)10-3-11(24(28,29)30)5-13(27)4-10/h1-9,20H,(H,32,35)(H,33,36)(H,34,37). The summed E-state index contributed by atoms with van der Waals surface area (Å²) in [6, 6.07) is 6.51. The number of aromatic nitrogens is 2. The maximum atomic E-state index is 14.1. The highest BCUT2D eigenvalue weighted by molar-refractivity contribution is 6.31. The Morgan fingerprint density at radius 1 is 1.05 bits per heavy atom. The van der Waals surface area contributed by atoms with Crippen molar-refractivity contribution in [2.75, 3.05) is 10.6 Å². The zero-order chi connectivity index (χ0) is 27.2. The summed E-state index contributed by atoms with van der Waals surface area (Å²) in [6.45, 7) is 0. The van der Waals surface area contributed by atoms with E-state index in [2.05, 4.69) is 26.1 Å². The Morgan fingerprint density at radius 3 is 2.55 bits per heavy atom. The molecule has 0 fully saturated rings. The van der Waals surface area contributed by atoms with Gasteiger partial charge in [-0.1, -0.05) is 16.7 Å². The summed E-state index contributed by atoms with van der Waals surface area (Å²) in [5, 5.41) is 15.1. The van der Waals surface area contributed by atoms with Crippen molar-refractivity contribution in [2.45, 2.75) is 12.2 Å². The highest BCUT2D eigenvalue weighted by Gasteiger charge is 2.36. The summed E-state index contributed by atoms with van der Waals surface area (Å²) in [5.74, 6) is -3.63. The second-order valence-corrected chi connectivity index (χ2v) is 8.51. The number of hydrogen-bond acceptors (Lipinski definition) is 6. The van der Waals surface area contributed by atoms with Gasteiger partial charge in [-0.3, -0.25) is 9.59 Å². The van der Waals surface area contributed by atoms with Gasteiger partial charge < -0.3 is 20.4 Å². The normalized spacial score (nSPS) is 14.7. The van der Waals surface area contributed by atoms with Crippen LogP contribution in [-0.2, 0) is 6.18 Å². The number of anilines is 3. The Kier molecular flexibility index (Phi) is 6.23. The predicted molar refractivity (Wildman–Crippen MR) is 124 cm³/mol. The first-order valence-electron chi connectivity index (χ1n) is 10.7. The molecule has 0 saturated carbocycles. The van der Waals surface area contributed by atoms with E-state index in [-0.39, 0.29) is 45.2 Å². The Balaban J connectivity index is 1.61. The highest BCUT2D eigenvalue weighted by atomic mass is 35.5. The fourth-order valence-corrected chi connectivity index (χ4v) is 4.23. The average molecular weight is 550 g/mol. The van der Waals surface area contributed by atoms with E-state index in [0.29, 0.717) is 12.1 Å². The molecule has 3 N–H and O–H groups in total. The summed E-state index contributed by atoms with van der Waals surface area (Å²) in [7, 11) is 0. The minimum absolute atomic E-state index is 0.0327. The monoisotopic (exact) mass is 549 g/mol. The van der Waals surface area contributed by atoms with Crippen molar-refractivity contribution in [3.63, 3.8) is 0 Å². The van der Waals surface area contributed by atoms with E-state index >= 15 is 0 Å². The van der Waals surface area contributed by atoms with Gasteiger partial charge in [-0.2, -0.15) is 13.2 Å². The third-order valence-corrected chi connectivity index (χ3v) is 5.95. The third kappa shape index (κ3) is 4.87. The molecule has 5 rings (SSSR count). The molecule has 1 atom stereocenters. The van der Waals surface area contributed by atoms with Crippen LogP contribution in [0.2, 0.25) is 5.02 Å². The number of carbonyl (C=O) groups is 2. The molecule has 2 amide bonds. The summed E-state index contributed by atoms with van der Waals surface area (Å²) in [6.07, 6.45) is -3.86. The number of alkyl halides is 3. The van der Waals surface area contributed by atoms with Crippen LogP contribution in [0.25, 0.3) is 0 Å². The van der Waals surface area contributed by atoms with Gasteiger partial charge in [0, 0.05) is 38.7 Å². The molecule has 38 heavy (non-hydrogen) atoms. The van der Waals surface area contributed by atoms with Crippen LogP contribution in [0.15, 0.2) is 59.3 Å². The van der Waals surface area contributed by atoms with Crippen LogP contribution < -0.4 is 16.0 Å². The number of benzene rings is 3. The van der Waals surface area contributed by atoms with Gasteiger partial charge in [0.15, 0.2) is 0 Å². The van der Waals surface area contributed by atoms with Gasteiger partial charge in [0.25, 0.3) is 11.8 Å². The minimum atomic E-state index is -4.90. The largest absolute Gasteiger partial charge is 0.416 e. The summed E-state index contributed by atoms with van der Waals surface area (Å²) >= 11 is 6.25. The van der Waals surface area contributed by atoms with E-state index in [4.69, 9.17) is 16.0 Å². The molecule has 0 aliphatic carbocycles. The lowest BCUT2D eigenvalue weighted by atomic mass is 9.95. The molecular formula is C24H13ClF5N5O3. The molecular weight excluding hydrogens is 537 g/mol. The fourth-order valence-electron chi connectivity index (χ4n) is 4.01. The lowest BCUT2D eigenvalue weighted by Gasteiger charge is -2.19. The molecule has 0 radical (unpaired) electrons. The van der Waals surface area contributed by atoms with Crippen molar-refractivity contribution in [3.05, 3.63) is 99.4 Å². The second kappa shape index (κ2) is 9.41. The number of halogens is 6. The first-order valence-corrected chi connectivity index (χ1v) is 11.0. The van der Waals surface area contributed by atoms with Crippen LogP contribution in [0.5, 0.6) is 0 Å². The SMILES string of the molecule is O=C(Nc1cc(Nc2nnco2)cc2c1C(c1cc(F)ccc1Cl)NC2=O)c1cc(F)cc(C(F)(F)F)c1. The maximum absolute atomic E-state index is 14.1. The number of fused-ring (bicyclic) bond motifs is 1. The van der Waals surface area contributed by atoms with E-state index in [1.54, 1.807) is 0 Å². The smallest absolute Gasteiger partial charge is 0.411 e. The Hall–Kier alpha value is -4.52. The third-order valence-electron chi connectivity index (χ3n) is 5.60. The van der Waals surface area contributed by atoms with Gasteiger partial charge in [-0.25, -0.2) is 8.78 Å². The zero-order valence-electron chi connectivity index (χ0n) is 18.7. The van der Waals surface area contributed by atoms with Crippen molar-refractivity contribution < 1.29 is 36.0 Å². The molecule has 0 spiro atoms. The predicted octanol–water partition coefficient (Wildman–Crippen LogP) is 5.85. The summed E-state index contributed by atoms with van der Waals surface area (Å²) in [4.78, 5) is 25.9. The van der Waals surface area contributed by atoms with Crippen LogP contribution in [0.1, 0.15) is 43.4 Å².